The van der Waals surface area contributed by atoms with E-state index in [9.17, 15) is 4.79 Å². The van der Waals surface area contributed by atoms with Crippen molar-refractivity contribution in [2.24, 2.45) is 0 Å². The number of nitrogens with one attached hydrogen (secondary N) is 1. The lowest BCUT2D eigenvalue weighted by Gasteiger charge is -2.04. The number of carbonyl (C=O) groups is 1. The van der Waals surface area contributed by atoms with Gasteiger partial charge in [0, 0.05) is 11.3 Å². The summed E-state index contributed by atoms with van der Waals surface area (Å²) >= 11 is 1.43. The van der Waals surface area contributed by atoms with Crippen LogP contribution in [-0.2, 0) is 0 Å². The molecule has 2 heterocycles. The molecule has 0 fully saturated rings. The summed E-state index contributed by atoms with van der Waals surface area (Å²) in [7, 11) is 0. The van der Waals surface area contributed by atoms with Crippen LogP contribution in [0.5, 0.6) is 0 Å². The topological polar surface area (TPSA) is 83.6 Å². The van der Waals surface area contributed by atoms with Gasteiger partial charge in [-0.05, 0) is 60.3 Å². The van der Waals surface area contributed by atoms with Gasteiger partial charge < -0.3 is 5.32 Å². The summed E-state index contributed by atoms with van der Waals surface area (Å²) < 4.78 is 1.66. The summed E-state index contributed by atoms with van der Waals surface area (Å²) in [5, 5.41) is 22.1. The maximum absolute atomic E-state index is 12.2. The first-order valence-electron chi connectivity index (χ1n) is 8.52. The highest BCUT2D eigenvalue weighted by Gasteiger charge is 2.09. The van der Waals surface area contributed by atoms with E-state index in [4.69, 9.17) is 5.26 Å². The molecule has 0 aliphatic carbocycles. The number of benzene rings is 2. The Balaban J connectivity index is 1.49. The van der Waals surface area contributed by atoms with Gasteiger partial charge in [-0.15, -0.1) is 16.4 Å². The van der Waals surface area contributed by atoms with Crippen LogP contribution in [0.4, 0.5) is 5.69 Å². The maximum atomic E-state index is 12.2. The molecule has 1 N–H and O–H groups in total. The average molecular weight is 385 g/mol. The zero-order valence-electron chi connectivity index (χ0n) is 15.0. The van der Waals surface area contributed by atoms with Crippen LogP contribution in [0.25, 0.3) is 16.9 Å². The van der Waals surface area contributed by atoms with Crippen molar-refractivity contribution >= 4 is 22.9 Å². The molecule has 1 amide bonds. The third-order valence-corrected chi connectivity index (χ3v) is 5.19. The van der Waals surface area contributed by atoms with Crippen molar-refractivity contribution in [1.29, 1.82) is 5.26 Å². The Morgan fingerprint density at radius 1 is 1.14 bits per heavy atom. The van der Waals surface area contributed by atoms with Crippen molar-refractivity contribution in [3.05, 3.63) is 82.2 Å². The number of hydrogen-bond donors (Lipinski definition) is 1. The van der Waals surface area contributed by atoms with E-state index in [1.165, 1.54) is 11.3 Å². The molecule has 0 unspecified atom stereocenters. The fraction of sp³-hybridized carbons (Fsp3) is 0.0476. The Morgan fingerprint density at radius 3 is 2.54 bits per heavy atom. The fourth-order valence-electron chi connectivity index (χ4n) is 2.68. The second kappa shape index (κ2) is 7.47. The van der Waals surface area contributed by atoms with Gasteiger partial charge in [0.1, 0.15) is 5.69 Å². The van der Waals surface area contributed by atoms with Crippen LogP contribution in [0.15, 0.2) is 66.2 Å². The van der Waals surface area contributed by atoms with E-state index in [-0.39, 0.29) is 5.91 Å². The van der Waals surface area contributed by atoms with Crippen molar-refractivity contribution in [1.82, 2.24) is 15.0 Å². The van der Waals surface area contributed by atoms with Crippen LogP contribution in [0.2, 0.25) is 0 Å². The zero-order chi connectivity index (χ0) is 19.5. The largest absolute Gasteiger partial charge is 0.321 e. The minimum Gasteiger partial charge on any atom is -0.321 e. The molecule has 6 nitrogen and oxygen atoms in total. The Hall–Kier alpha value is -3.76. The molecule has 0 radical (unpaired) electrons. The average Bonchev–Trinajstić information content (AvgIpc) is 3.38. The lowest BCUT2D eigenvalue weighted by molar-refractivity contribution is 0.103. The molecule has 2 aromatic heterocycles. The Labute approximate surface area is 165 Å². The van der Waals surface area contributed by atoms with Gasteiger partial charge in [-0.2, -0.15) is 5.26 Å². The van der Waals surface area contributed by atoms with Crippen molar-refractivity contribution in [2.75, 3.05) is 5.32 Å². The lowest BCUT2D eigenvalue weighted by Crippen LogP contribution is -2.09. The van der Waals surface area contributed by atoms with E-state index < -0.39 is 0 Å². The summed E-state index contributed by atoms with van der Waals surface area (Å²) in [6.45, 7) is 1.97. The summed E-state index contributed by atoms with van der Waals surface area (Å²) in [5.74, 6) is -0.113. The highest BCUT2D eigenvalue weighted by atomic mass is 32.1. The normalized spacial score (nSPS) is 10.4. The van der Waals surface area contributed by atoms with E-state index in [1.807, 2.05) is 61.0 Å². The molecular weight excluding hydrogens is 370 g/mol. The SMILES string of the molecule is Cc1csc(C(=O)Nc2ccc(-c3cn(-c4ccc(C#N)cc4)nn3)cc2)c1. The lowest BCUT2D eigenvalue weighted by atomic mass is 10.1. The van der Waals surface area contributed by atoms with Crippen LogP contribution in [0.3, 0.4) is 0 Å². The number of carbonyl (C=O) groups excluding carboxylic acids is 1. The second-order valence-electron chi connectivity index (χ2n) is 6.23. The van der Waals surface area contributed by atoms with Crippen LogP contribution in [0.1, 0.15) is 20.8 Å². The number of nitriles is 1. The molecule has 4 rings (SSSR count). The van der Waals surface area contributed by atoms with Gasteiger partial charge >= 0.3 is 0 Å². The van der Waals surface area contributed by atoms with E-state index in [2.05, 4.69) is 21.7 Å². The number of nitrogens with zero attached hydrogens (tertiary/aromatic N) is 4. The van der Waals surface area contributed by atoms with Gasteiger partial charge in [0.15, 0.2) is 0 Å². The third kappa shape index (κ3) is 3.68. The standard InChI is InChI=1S/C21H15N5OS/c1-14-10-20(28-13-14)21(27)23-17-6-4-16(5-7-17)19-12-26(25-24-19)18-8-2-15(11-22)3-9-18/h2-10,12-13H,1H3,(H,23,27). The molecule has 0 saturated heterocycles. The second-order valence-corrected chi connectivity index (χ2v) is 7.14. The maximum Gasteiger partial charge on any atom is 0.265 e. The van der Waals surface area contributed by atoms with Gasteiger partial charge in [0.2, 0.25) is 0 Å². The molecule has 0 saturated carbocycles. The third-order valence-electron chi connectivity index (χ3n) is 4.15. The molecule has 0 aliphatic heterocycles. The van der Waals surface area contributed by atoms with Crippen molar-refractivity contribution < 1.29 is 4.79 Å². The van der Waals surface area contributed by atoms with Crippen LogP contribution < -0.4 is 5.32 Å². The van der Waals surface area contributed by atoms with Crippen molar-refractivity contribution in [3.63, 3.8) is 0 Å². The summed E-state index contributed by atoms with van der Waals surface area (Å²) in [5.41, 5.74) is 4.84. The van der Waals surface area contributed by atoms with E-state index in [0.29, 0.717) is 10.4 Å². The monoisotopic (exact) mass is 385 g/mol. The highest BCUT2D eigenvalue weighted by molar-refractivity contribution is 7.12. The Kier molecular flexibility index (Phi) is 4.70. The number of amides is 1. The van der Waals surface area contributed by atoms with Crippen molar-refractivity contribution in [3.8, 4) is 23.0 Å². The molecule has 4 aromatic rings. The summed E-state index contributed by atoms with van der Waals surface area (Å²) in [6.07, 6.45) is 1.82. The number of aromatic nitrogens is 3. The molecule has 7 heteroatoms. The van der Waals surface area contributed by atoms with Crippen LogP contribution in [0, 0.1) is 18.3 Å². The molecule has 0 bridgehead atoms. The molecule has 136 valence electrons. The molecule has 0 atom stereocenters. The van der Waals surface area contributed by atoms with Crippen LogP contribution >= 0.6 is 11.3 Å². The molecule has 28 heavy (non-hydrogen) atoms. The first-order chi connectivity index (χ1) is 13.6. The van der Waals surface area contributed by atoms with E-state index in [0.717, 1.165) is 28.2 Å². The fourth-order valence-corrected chi connectivity index (χ4v) is 3.47. The first-order valence-corrected chi connectivity index (χ1v) is 9.40. The molecular formula is C21H15N5OS. The minimum atomic E-state index is -0.113. The van der Waals surface area contributed by atoms with Crippen LogP contribution in [-0.4, -0.2) is 20.9 Å². The number of anilines is 1. The highest BCUT2D eigenvalue weighted by Crippen LogP contribution is 2.21. The summed E-state index contributed by atoms with van der Waals surface area (Å²) in [6, 6.07) is 18.6. The predicted molar refractivity (Wildman–Crippen MR) is 109 cm³/mol. The van der Waals surface area contributed by atoms with Gasteiger partial charge in [0.25, 0.3) is 5.91 Å². The smallest absolute Gasteiger partial charge is 0.265 e. The van der Waals surface area contributed by atoms with E-state index >= 15 is 0 Å². The Bertz CT molecular complexity index is 1170. The summed E-state index contributed by atoms with van der Waals surface area (Å²) in [4.78, 5) is 12.9. The first kappa shape index (κ1) is 17.6. The molecule has 0 spiro atoms. The van der Waals surface area contributed by atoms with Gasteiger partial charge in [-0.3, -0.25) is 4.79 Å². The van der Waals surface area contributed by atoms with Crippen molar-refractivity contribution in [2.45, 2.75) is 6.92 Å². The van der Waals surface area contributed by atoms with E-state index in [1.54, 1.807) is 16.8 Å². The number of aryl methyl sites for hydroxylation is 1. The zero-order valence-corrected chi connectivity index (χ0v) is 15.8. The van der Waals surface area contributed by atoms with Gasteiger partial charge in [-0.25, -0.2) is 4.68 Å². The van der Waals surface area contributed by atoms with Gasteiger partial charge in [-0.1, -0.05) is 17.3 Å². The van der Waals surface area contributed by atoms with Gasteiger partial charge in [0.05, 0.1) is 28.4 Å². The number of thiophene rings is 1. The predicted octanol–water partition coefficient (Wildman–Crippen LogP) is 4.43. The Morgan fingerprint density at radius 2 is 1.89 bits per heavy atom. The molecule has 2 aromatic carbocycles. The molecule has 0 aliphatic rings. The quantitative estimate of drug-likeness (QED) is 0.563. The minimum absolute atomic E-state index is 0.113. The number of hydrogen-bond acceptors (Lipinski definition) is 5. The number of rotatable bonds is 4.